The van der Waals surface area contributed by atoms with Gasteiger partial charge in [0.2, 0.25) is 0 Å². The zero-order chi connectivity index (χ0) is 13.0. The molecule has 1 aromatic rings. The molecule has 1 unspecified atom stereocenters. The zero-order valence-corrected chi connectivity index (χ0v) is 13.1. The van der Waals surface area contributed by atoms with E-state index in [1.54, 1.807) is 11.3 Å². The summed E-state index contributed by atoms with van der Waals surface area (Å²) in [6.45, 7) is 4.62. The molecule has 19 heavy (non-hydrogen) atoms. The maximum Gasteiger partial charge on any atom is 0.264 e. The number of aryl methyl sites for hydroxylation is 1. The van der Waals surface area contributed by atoms with Crippen LogP contribution in [0.1, 0.15) is 41.4 Å². The lowest BCUT2D eigenvalue weighted by atomic mass is 9.94. The monoisotopic (exact) mass is 302 g/mol. The Morgan fingerprint density at radius 2 is 2.37 bits per heavy atom. The van der Waals surface area contributed by atoms with Crippen molar-refractivity contribution in [3.63, 3.8) is 0 Å². The maximum absolute atomic E-state index is 12.5. The molecular weight excluding hydrogens is 280 g/mol. The van der Waals surface area contributed by atoms with E-state index < -0.39 is 0 Å². The number of amides is 1. The van der Waals surface area contributed by atoms with Gasteiger partial charge >= 0.3 is 0 Å². The highest BCUT2D eigenvalue weighted by atomic mass is 35.5. The number of nitrogens with zero attached hydrogens (tertiary/aromatic N) is 1. The fourth-order valence-electron chi connectivity index (χ4n) is 2.67. The van der Waals surface area contributed by atoms with Crippen molar-refractivity contribution in [3.8, 4) is 0 Å². The van der Waals surface area contributed by atoms with Crippen molar-refractivity contribution < 1.29 is 4.79 Å². The van der Waals surface area contributed by atoms with Crippen LogP contribution < -0.4 is 5.73 Å². The molecule has 1 aliphatic heterocycles. The smallest absolute Gasteiger partial charge is 0.264 e. The number of piperidine rings is 1. The van der Waals surface area contributed by atoms with Crippen LogP contribution in [-0.2, 0) is 6.42 Å². The molecular formula is C14H23ClN2OS. The summed E-state index contributed by atoms with van der Waals surface area (Å²) in [5.74, 6) is 0.821. The van der Waals surface area contributed by atoms with E-state index in [-0.39, 0.29) is 18.3 Å². The van der Waals surface area contributed by atoms with Gasteiger partial charge in [0.1, 0.15) is 0 Å². The van der Waals surface area contributed by atoms with Gasteiger partial charge < -0.3 is 10.6 Å². The fourth-order valence-corrected chi connectivity index (χ4v) is 3.63. The second-order valence-electron chi connectivity index (χ2n) is 4.97. The highest BCUT2D eigenvalue weighted by Crippen LogP contribution is 2.24. The molecule has 2 heterocycles. The highest BCUT2D eigenvalue weighted by molar-refractivity contribution is 7.12. The standard InChI is InChI=1S/C14H22N2OS.ClH/c1-2-12-6-9-18-13(12)14(17)16-8-3-4-11(10-16)5-7-15;/h6,9,11H,2-5,7-8,10,15H2,1H3;1H. The van der Waals surface area contributed by atoms with Crippen LogP contribution in [0, 0.1) is 5.92 Å². The largest absolute Gasteiger partial charge is 0.338 e. The van der Waals surface area contributed by atoms with Gasteiger partial charge in [0.15, 0.2) is 0 Å². The molecule has 0 saturated carbocycles. The normalized spacial score (nSPS) is 19.1. The quantitative estimate of drug-likeness (QED) is 0.929. The van der Waals surface area contributed by atoms with Gasteiger partial charge in [0, 0.05) is 13.1 Å². The minimum atomic E-state index is 0. The first-order chi connectivity index (χ1) is 8.76. The van der Waals surface area contributed by atoms with E-state index in [0.29, 0.717) is 5.92 Å². The second-order valence-corrected chi connectivity index (χ2v) is 5.88. The Labute approximate surface area is 125 Å². The van der Waals surface area contributed by atoms with Crippen molar-refractivity contribution in [2.24, 2.45) is 11.7 Å². The number of hydrogen-bond acceptors (Lipinski definition) is 3. The fraction of sp³-hybridized carbons (Fsp3) is 0.643. The first kappa shape index (κ1) is 16.5. The lowest BCUT2D eigenvalue weighted by molar-refractivity contribution is 0.0673. The minimum absolute atomic E-state index is 0. The molecule has 5 heteroatoms. The first-order valence-corrected chi connectivity index (χ1v) is 7.70. The Morgan fingerprint density at radius 3 is 3.05 bits per heavy atom. The minimum Gasteiger partial charge on any atom is -0.338 e. The van der Waals surface area contributed by atoms with Crippen molar-refractivity contribution in [2.75, 3.05) is 19.6 Å². The average molecular weight is 303 g/mol. The molecule has 1 atom stereocenters. The summed E-state index contributed by atoms with van der Waals surface area (Å²) in [6, 6.07) is 2.07. The number of rotatable bonds is 4. The van der Waals surface area contributed by atoms with Crippen LogP contribution in [0.15, 0.2) is 11.4 Å². The Balaban J connectivity index is 0.00000180. The van der Waals surface area contributed by atoms with Crippen LogP contribution in [0.4, 0.5) is 0 Å². The Kier molecular flexibility index (Phi) is 6.83. The summed E-state index contributed by atoms with van der Waals surface area (Å²) in [5.41, 5.74) is 6.81. The first-order valence-electron chi connectivity index (χ1n) is 6.82. The Bertz CT molecular complexity index is 406. The van der Waals surface area contributed by atoms with Crippen LogP contribution in [0.3, 0.4) is 0 Å². The zero-order valence-electron chi connectivity index (χ0n) is 11.4. The number of nitrogens with two attached hydrogens (primary N) is 1. The van der Waals surface area contributed by atoms with Gasteiger partial charge in [-0.25, -0.2) is 0 Å². The molecule has 0 spiro atoms. The topological polar surface area (TPSA) is 46.3 Å². The maximum atomic E-state index is 12.5. The van der Waals surface area contributed by atoms with Crippen LogP contribution >= 0.6 is 23.7 Å². The third-order valence-electron chi connectivity index (χ3n) is 3.70. The van der Waals surface area contributed by atoms with Gasteiger partial charge in [-0.05, 0) is 55.2 Å². The third kappa shape index (κ3) is 3.94. The van der Waals surface area contributed by atoms with Crippen LogP contribution in [0.5, 0.6) is 0 Å². The van der Waals surface area contributed by atoms with E-state index in [1.807, 2.05) is 10.3 Å². The Hall–Kier alpha value is -0.580. The summed E-state index contributed by atoms with van der Waals surface area (Å²) in [6.07, 6.45) is 4.30. The SMILES string of the molecule is CCc1ccsc1C(=O)N1CCCC(CCN)C1.Cl. The van der Waals surface area contributed by atoms with Gasteiger partial charge in [0.05, 0.1) is 4.88 Å². The predicted molar refractivity (Wildman–Crippen MR) is 83.2 cm³/mol. The molecule has 1 fully saturated rings. The molecule has 108 valence electrons. The second kappa shape index (κ2) is 7.88. The van der Waals surface area contributed by atoms with E-state index >= 15 is 0 Å². The molecule has 1 saturated heterocycles. The van der Waals surface area contributed by atoms with Crippen molar-refractivity contribution in [1.82, 2.24) is 4.90 Å². The van der Waals surface area contributed by atoms with Gasteiger partial charge in [0.25, 0.3) is 5.91 Å². The van der Waals surface area contributed by atoms with Crippen LogP contribution in [-0.4, -0.2) is 30.4 Å². The highest BCUT2D eigenvalue weighted by Gasteiger charge is 2.25. The van der Waals surface area contributed by atoms with Crippen molar-refractivity contribution >= 4 is 29.7 Å². The number of thiophene rings is 1. The van der Waals surface area contributed by atoms with Gasteiger partial charge in [-0.3, -0.25) is 4.79 Å². The number of halogens is 1. The lowest BCUT2D eigenvalue weighted by Crippen LogP contribution is -2.40. The van der Waals surface area contributed by atoms with Crippen LogP contribution in [0.2, 0.25) is 0 Å². The van der Waals surface area contributed by atoms with E-state index in [2.05, 4.69) is 13.0 Å². The van der Waals surface area contributed by atoms with E-state index in [0.717, 1.165) is 43.8 Å². The van der Waals surface area contributed by atoms with Gasteiger partial charge in [-0.1, -0.05) is 6.92 Å². The van der Waals surface area contributed by atoms with E-state index in [4.69, 9.17) is 5.73 Å². The van der Waals surface area contributed by atoms with Gasteiger partial charge in [-0.15, -0.1) is 23.7 Å². The third-order valence-corrected chi connectivity index (χ3v) is 4.65. The van der Waals surface area contributed by atoms with Crippen molar-refractivity contribution in [3.05, 3.63) is 21.9 Å². The lowest BCUT2D eigenvalue weighted by Gasteiger charge is -2.32. The molecule has 0 bridgehead atoms. The summed E-state index contributed by atoms with van der Waals surface area (Å²) in [4.78, 5) is 15.5. The molecule has 0 aromatic carbocycles. The summed E-state index contributed by atoms with van der Waals surface area (Å²) < 4.78 is 0. The summed E-state index contributed by atoms with van der Waals surface area (Å²) in [5, 5.41) is 2.02. The van der Waals surface area contributed by atoms with E-state index in [1.165, 1.54) is 12.0 Å². The molecule has 0 aliphatic carbocycles. The predicted octanol–water partition coefficient (Wildman–Crippen LogP) is 2.93. The Morgan fingerprint density at radius 1 is 1.58 bits per heavy atom. The number of likely N-dealkylation sites (tertiary alicyclic amines) is 1. The van der Waals surface area contributed by atoms with E-state index in [9.17, 15) is 4.79 Å². The molecule has 1 aliphatic rings. The van der Waals surface area contributed by atoms with Crippen LogP contribution in [0.25, 0.3) is 0 Å². The summed E-state index contributed by atoms with van der Waals surface area (Å²) >= 11 is 1.57. The molecule has 0 radical (unpaired) electrons. The molecule has 3 nitrogen and oxygen atoms in total. The molecule has 1 amide bonds. The molecule has 2 N–H and O–H groups in total. The number of carbonyl (C=O) groups is 1. The number of carbonyl (C=O) groups excluding carboxylic acids is 1. The number of hydrogen-bond donors (Lipinski definition) is 1. The molecule has 1 aromatic heterocycles. The van der Waals surface area contributed by atoms with Gasteiger partial charge in [-0.2, -0.15) is 0 Å². The van der Waals surface area contributed by atoms with Crippen molar-refractivity contribution in [1.29, 1.82) is 0 Å². The summed E-state index contributed by atoms with van der Waals surface area (Å²) in [7, 11) is 0. The molecule has 2 rings (SSSR count). The average Bonchev–Trinajstić information content (AvgIpc) is 2.87. The van der Waals surface area contributed by atoms with Crippen molar-refractivity contribution in [2.45, 2.75) is 32.6 Å².